The van der Waals surface area contributed by atoms with Crippen molar-refractivity contribution >= 4 is 17.8 Å². The molecule has 1 aliphatic carbocycles. The highest BCUT2D eigenvalue weighted by molar-refractivity contribution is 7.71. The van der Waals surface area contributed by atoms with Crippen molar-refractivity contribution in [3.63, 3.8) is 0 Å². The van der Waals surface area contributed by atoms with Gasteiger partial charge in [0.05, 0.1) is 11.4 Å². The Morgan fingerprint density at radius 1 is 1.14 bits per heavy atom. The number of nitrogens with zero attached hydrogens (tertiary/aromatic N) is 2. The highest BCUT2D eigenvalue weighted by atomic mass is 32.1. The van der Waals surface area contributed by atoms with E-state index in [2.05, 4.69) is 44.0 Å². The Morgan fingerprint density at radius 2 is 1.71 bits per heavy atom. The van der Waals surface area contributed by atoms with Gasteiger partial charge in [-0.3, -0.25) is 0 Å². The maximum atomic E-state index is 5.35. The van der Waals surface area contributed by atoms with E-state index in [9.17, 15) is 0 Å². The summed E-state index contributed by atoms with van der Waals surface area (Å²) in [6.07, 6.45) is 0. The van der Waals surface area contributed by atoms with E-state index in [-0.39, 0.29) is 0 Å². The van der Waals surface area contributed by atoms with Crippen molar-refractivity contribution in [2.24, 2.45) is 14.1 Å². The molecule has 1 atom stereocenters. The average Bonchev–Trinajstić information content (AvgIpc) is 2.51. The van der Waals surface area contributed by atoms with Gasteiger partial charge >= 0.3 is 0 Å². The summed E-state index contributed by atoms with van der Waals surface area (Å²) in [7, 11) is 4.11. The van der Waals surface area contributed by atoms with Gasteiger partial charge in [-0.1, -0.05) is 12.5 Å². The van der Waals surface area contributed by atoms with Gasteiger partial charge in [-0.15, -0.1) is 0 Å². The third-order valence-electron chi connectivity index (χ3n) is 3.52. The van der Waals surface area contributed by atoms with Crippen LogP contribution < -0.4 is 0 Å². The van der Waals surface area contributed by atoms with Gasteiger partial charge in [0.25, 0.3) is 0 Å². The van der Waals surface area contributed by atoms with Crippen LogP contribution in [0.2, 0.25) is 0 Å². The van der Waals surface area contributed by atoms with Gasteiger partial charge in [0, 0.05) is 20.0 Å². The topological polar surface area (TPSA) is 9.86 Å². The predicted octanol–water partition coefficient (Wildman–Crippen LogP) is 3.00. The van der Waals surface area contributed by atoms with Crippen LogP contribution in [0.5, 0.6) is 0 Å². The summed E-state index contributed by atoms with van der Waals surface area (Å²) in [4.78, 5) is 0. The van der Waals surface area contributed by atoms with E-state index in [0.29, 0.717) is 5.92 Å². The Morgan fingerprint density at radius 3 is 2.21 bits per heavy atom. The first-order valence-electron chi connectivity index (χ1n) is 4.90. The van der Waals surface area contributed by atoms with Gasteiger partial charge in [0.2, 0.25) is 0 Å². The summed E-state index contributed by atoms with van der Waals surface area (Å²) >= 11 is 5.35. The molecule has 0 spiro atoms. The summed E-state index contributed by atoms with van der Waals surface area (Å²) in [6.45, 7) is 6.65. The maximum Gasteiger partial charge on any atom is 0.179 e. The molecule has 0 aliphatic heterocycles. The van der Waals surface area contributed by atoms with E-state index in [1.54, 1.807) is 0 Å². The highest BCUT2D eigenvalue weighted by Crippen LogP contribution is 2.41. The molecule has 1 aromatic heterocycles. The third kappa shape index (κ3) is 0.934. The zero-order chi connectivity index (χ0) is 10.6. The van der Waals surface area contributed by atoms with Gasteiger partial charge in [-0.25, -0.2) is 0 Å². The first-order chi connectivity index (χ1) is 6.46. The lowest BCUT2D eigenvalue weighted by Gasteiger charge is -2.07. The third-order valence-corrected chi connectivity index (χ3v) is 4.07. The molecule has 1 unspecified atom stereocenters. The summed E-state index contributed by atoms with van der Waals surface area (Å²) in [5, 5.41) is 0. The van der Waals surface area contributed by atoms with Crippen LogP contribution in [0.3, 0.4) is 0 Å². The van der Waals surface area contributed by atoms with E-state index >= 15 is 0 Å². The van der Waals surface area contributed by atoms with Crippen LogP contribution >= 0.6 is 12.2 Å². The molecule has 3 heteroatoms. The average molecular weight is 208 g/mol. The van der Waals surface area contributed by atoms with Crippen LogP contribution in [0.25, 0.3) is 5.57 Å². The molecule has 2 rings (SSSR count). The fourth-order valence-electron chi connectivity index (χ4n) is 2.41. The minimum atomic E-state index is 0.512. The van der Waals surface area contributed by atoms with E-state index in [1.807, 2.05) is 0 Å². The number of allylic oxidation sites excluding steroid dienone is 2. The van der Waals surface area contributed by atoms with Gasteiger partial charge in [-0.2, -0.15) is 0 Å². The van der Waals surface area contributed by atoms with Crippen LogP contribution in [-0.4, -0.2) is 9.13 Å². The van der Waals surface area contributed by atoms with Crippen molar-refractivity contribution < 1.29 is 0 Å². The lowest BCUT2D eigenvalue weighted by molar-refractivity contribution is 0.746. The lowest BCUT2D eigenvalue weighted by atomic mass is 10.0. The second-order valence-electron chi connectivity index (χ2n) is 4.16. The molecule has 0 radical (unpaired) electrons. The number of imidazole rings is 1. The lowest BCUT2D eigenvalue weighted by Crippen LogP contribution is -2.00. The van der Waals surface area contributed by atoms with E-state index in [0.717, 1.165) is 4.77 Å². The van der Waals surface area contributed by atoms with E-state index in [1.165, 1.54) is 22.5 Å². The second-order valence-corrected chi connectivity index (χ2v) is 4.53. The molecule has 1 heterocycles. The summed E-state index contributed by atoms with van der Waals surface area (Å²) in [5.41, 5.74) is 5.55. The minimum Gasteiger partial charge on any atom is -0.323 e. The number of hydrogen-bond acceptors (Lipinski definition) is 1. The molecule has 76 valence electrons. The Labute approximate surface area is 89.9 Å². The normalized spacial score (nSPS) is 20.5. The predicted molar refractivity (Wildman–Crippen MR) is 61.9 cm³/mol. The molecular weight excluding hydrogens is 192 g/mol. The smallest absolute Gasteiger partial charge is 0.179 e. The zero-order valence-electron chi connectivity index (χ0n) is 9.38. The number of aromatic nitrogens is 2. The first kappa shape index (κ1) is 9.71. The Balaban J connectivity index is 2.86. The van der Waals surface area contributed by atoms with Crippen molar-refractivity contribution in [1.29, 1.82) is 0 Å². The molecular formula is C11H16N2S. The summed E-state index contributed by atoms with van der Waals surface area (Å²) < 4.78 is 5.16. The van der Waals surface area contributed by atoms with Crippen LogP contribution in [0.4, 0.5) is 0 Å². The van der Waals surface area contributed by atoms with Crippen LogP contribution in [0.15, 0.2) is 5.57 Å². The van der Waals surface area contributed by atoms with Crippen molar-refractivity contribution in [3.05, 3.63) is 21.7 Å². The minimum absolute atomic E-state index is 0.512. The number of hydrogen-bond donors (Lipinski definition) is 0. The summed E-state index contributed by atoms with van der Waals surface area (Å²) in [5.74, 6) is 0.512. The molecule has 0 bridgehead atoms. The monoisotopic (exact) mass is 208 g/mol. The Hall–Kier alpha value is -0.830. The highest BCUT2D eigenvalue weighted by Gasteiger charge is 2.28. The molecule has 14 heavy (non-hydrogen) atoms. The van der Waals surface area contributed by atoms with Gasteiger partial charge < -0.3 is 9.13 Å². The molecule has 0 saturated heterocycles. The first-order valence-corrected chi connectivity index (χ1v) is 5.31. The second kappa shape index (κ2) is 2.83. The maximum absolute atomic E-state index is 5.35. The molecule has 0 aromatic carbocycles. The fraction of sp³-hybridized carbons (Fsp3) is 0.545. The van der Waals surface area contributed by atoms with Crippen molar-refractivity contribution in [2.45, 2.75) is 26.7 Å². The van der Waals surface area contributed by atoms with Crippen molar-refractivity contribution in [3.8, 4) is 0 Å². The van der Waals surface area contributed by atoms with Crippen LogP contribution in [-0.2, 0) is 14.1 Å². The Kier molecular flexibility index (Phi) is 1.96. The molecule has 0 N–H and O–H groups in total. The molecule has 1 aliphatic rings. The van der Waals surface area contributed by atoms with Crippen LogP contribution in [0.1, 0.15) is 38.1 Å². The largest absolute Gasteiger partial charge is 0.323 e. The van der Waals surface area contributed by atoms with Gasteiger partial charge in [-0.05, 0) is 31.6 Å². The van der Waals surface area contributed by atoms with E-state index < -0.39 is 0 Å². The zero-order valence-corrected chi connectivity index (χ0v) is 10.2. The number of rotatable bonds is 0. The van der Waals surface area contributed by atoms with Gasteiger partial charge in [0.15, 0.2) is 4.77 Å². The van der Waals surface area contributed by atoms with E-state index in [4.69, 9.17) is 12.2 Å². The standard InChI is InChI=1S/C11H16N2S/c1-6-7(2)9-10(8(6)3)13(5)11(14)12(9)4/h7H,1-5H3. The molecule has 0 saturated carbocycles. The molecule has 2 nitrogen and oxygen atoms in total. The van der Waals surface area contributed by atoms with Gasteiger partial charge in [0.1, 0.15) is 0 Å². The quantitative estimate of drug-likeness (QED) is 0.596. The molecule has 1 aromatic rings. The summed E-state index contributed by atoms with van der Waals surface area (Å²) in [6, 6.07) is 0. The Bertz CT molecular complexity index is 488. The fourth-order valence-corrected chi connectivity index (χ4v) is 2.60. The van der Waals surface area contributed by atoms with Crippen molar-refractivity contribution in [1.82, 2.24) is 9.13 Å². The SMILES string of the molecule is CC1=C(C)C(C)c2c1n(C)c(=S)n2C. The number of fused-ring (bicyclic) bond motifs is 1. The molecule has 0 amide bonds. The molecule has 0 fully saturated rings. The van der Waals surface area contributed by atoms with Crippen LogP contribution in [0, 0.1) is 4.77 Å². The van der Waals surface area contributed by atoms with Crippen molar-refractivity contribution in [2.75, 3.05) is 0 Å².